The van der Waals surface area contributed by atoms with Gasteiger partial charge in [-0.15, -0.1) is 0 Å². The molecule has 1 fully saturated rings. The molecule has 0 aliphatic heterocycles. The molecule has 0 aromatic carbocycles. The van der Waals surface area contributed by atoms with Gasteiger partial charge in [-0.2, -0.15) is 0 Å². The molecule has 0 amide bonds. The van der Waals surface area contributed by atoms with Crippen molar-refractivity contribution in [3.05, 3.63) is 0 Å². The van der Waals surface area contributed by atoms with Gasteiger partial charge >= 0.3 is 0 Å². The second kappa shape index (κ2) is 9.33. The Labute approximate surface area is 141 Å². The zero-order chi connectivity index (χ0) is 16.8. The van der Waals surface area contributed by atoms with E-state index in [2.05, 4.69) is 48.5 Å². The van der Waals surface area contributed by atoms with Crippen molar-refractivity contribution in [3.63, 3.8) is 0 Å². The summed E-state index contributed by atoms with van der Waals surface area (Å²) in [6.45, 7) is 17.1. The smallest absolute Gasteiger partial charge is 0.0349 e. The van der Waals surface area contributed by atoms with Gasteiger partial charge in [-0.1, -0.05) is 80.6 Å². The second-order valence-corrected chi connectivity index (χ2v) is 9.44. The first-order chi connectivity index (χ1) is 10.3. The molecule has 0 heterocycles. The summed E-state index contributed by atoms with van der Waals surface area (Å²) in [6.07, 6.45) is 12.9. The summed E-state index contributed by atoms with van der Waals surface area (Å²) < 4.78 is 0. The molecule has 1 aliphatic carbocycles. The van der Waals surface area contributed by atoms with Crippen LogP contribution < -0.4 is 0 Å². The topological polar surface area (TPSA) is 0 Å². The first-order valence-corrected chi connectivity index (χ1v) is 10.3. The van der Waals surface area contributed by atoms with Gasteiger partial charge in [0, 0.05) is 0 Å². The van der Waals surface area contributed by atoms with Crippen LogP contribution in [0.5, 0.6) is 0 Å². The molecule has 1 saturated carbocycles. The Morgan fingerprint density at radius 1 is 0.864 bits per heavy atom. The van der Waals surface area contributed by atoms with Gasteiger partial charge in [0.15, 0.2) is 0 Å². The second-order valence-electron chi connectivity index (χ2n) is 9.44. The number of rotatable bonds is 12. The lowest BCUT2D eigenvalue weighted by atomic mass is 9.73. The molecule has 0 heteroatoms. The predicted octanol–water partition coefficient (Wildman–Crippen LogP) is 7.72. The summed E-state index contributed by atoms with van der Waals surface area (Å²) in [5.41, 5.74) is 0.534. The third-order valence-electron chi connectivity index (χ3n) is 6.40. The first-order valence-electron chi connectivity index (χ1n) is 10.3. The highest BCUT2D eigenvalue weighted by Crippen LogP contribution is 2.48. The molecule has 132 valence electrons. The Balaban J connectivity index is 2.33. The number of hydrogen-bond acceptors (Lipinski definition) is 0. The van der Waals surface area contributed by atoms with Crippen molar-refractivity contribution in [3.8, 4) is 0 Å². The first kappa shape index (κ1) is 20.0. The van der Waals surface area contributed by atoms with Gasteiger partial charge in [0.1, 0.15) is 0 Å². The van der Waals surface area contributed by atoms with Crippen LogP contribution in [0, 0.1) is 35.0 Å². The van der Waals surface area contributed by atoms with E-state index in [9.17, 15) is 0 Å². The highest BCUT2D eigenvalue weighted by Gasteiger charge is 2.37. The van der Waals surface area contributed by atoms with Crippen molar-refractivity contribution in [2.45, 2.75) is 106 Å². The minimum atomic E-state index is 0.534. The largest absolute Gasteiger partial charge is 0.0651 e. The normalized spacial score (nSPS) is 25.8. The van der Waals surface area contributed by atoms with Gasteiger partial charge in [0.2, 0.25) is 0 Å². The van der Waals surface area contributed by atoms with Crippen molar-refractivity contribution in [1.29, 1.82) is 0 Å². The van der Waals surface area contributed by atoms with Crippen molar-refractivity contribution >= 4 is 0 Å². The van der Waals surface area contributed by atoms with Crippen LogP contribution in [0.3, 0.4) is 0 Å². The van der Waals surface area contributed by atoms with E-state index in [0.29, 0.717) is 5.41 Å². The van der Waals surface area contributed by atoms with Crippen LogP contribution in [0.1, 0.15) is 106 Å². The lowest BCUT2D eigenvalue weighted by Gasteiger charge is -2.32. The summed E-state index contributed by atoms with van der Waals surface area (Å²) in [4.78, 5) is 0. The van der Waals surface area contributed by atoms with Crippen LogP contribution in [0.25, 0.3) is 0 Å². The van der Waals surface area contributed by atoms with Crippen LogP contribution in [0.15, 0.2) is 0 Å². The molecule has 0 bridgehead atoms. The Bertz CT molecular complexity index is 290. The molecule has 0 nitrogen and oxygen atoms in total. The molecule has 22 heavy (non-hydrogen) atoms. The molecule has 5 unspecified atom stereocenters. The average Bonchev–Trinajstić information content (AvgIpc) is 3.21. The standard InChI is InChI=1S/C22H44/c1-8-17(4)11-12-18(5)15-22(6,7)16-19(9-2)13-21-14-20(21)10-3/h17-21H,8-16H2,1-7H3. The summed E-state index contributed by atoms with van der Waals surface area (Å²) in [5.74, 6) is 4.93. The van der Waals surface area contributed by atoms with Crippen molar-refractivity contribution in [2.24, 2.45) is 35.0 Å². The Hall–Kier alpha value is 0. The Morgan fingerprint density at radius 3 is 2.00 bits per heavy atom. The monoisotopic (exact) mass is 308 g/mol. The molecule has 5 atom stereocenters. The molecular weight excluding hydrogens is 264 g/mol. The van der Waals surface area contributed by atoms with E-state index < -0.39 is 0 Å². The zero-order valence-electron chi connectivity index (χ0n) is 16.8. The van der Waals surface area contributed by atoms with Gasteiger partial charge in [0.25, 0.3) is 0 Å². The van der Waals surface area contributed by atoms with E-state index in [-0.39, 0.29) is 0 Å². The summed E-state index contributed by atoms with van der Waals surface area (Å²) in [7, 11) is 0. The molecule has 0 aromatic heterocycles. The molecule has 0 saturated heterocycles. The van der Waals surface area contributed by atoms with Crippen molar-refractivity contribution in [1.82, 2.24) is 0 Å². The van der Waals surface area contributed by atoms with E-state index in [0.717, 1.165) is 29.6 Å². The van der Waals surface area contributed by atoms with Gasteiger partial charge in [0.05, 0.1) is 0 Å². The predicted molar refractivity (Wildman–Crippen MR) is 101 cm³/mol. The van der Waals surface area contributed by atoms with Crippen molar-refractivity contribution < 1.29 is 0 Å². The Kier molecular flexibility index (Phi) is 8.50. The molecule has 0 aromatic rings. The van der Waals surface area contributed by atoms with Crippen LogP contribution in [-0.4, -0.2) is 0 Å². The minimum Gasteiger partial charge on any atom is -0.0651 e. The number of hydrogen-bond donors (Lipinski definition) is 0. The lowest BCUT2D eigenvalue weighted by molar-refractivity contribution is 0.191. The molecule has 1 aliphatic rings. The van der Waals surface area contributed by atoms with Crippen LogP contribution in [0.2, 0.25) is 0 Å². The van der Waals surface area contributed by atoms with Crippen LogP contribution in [0.4, 0.5) is 0 Å². The summed E-state index contributed by atoms with van der Waals surface area (Å²) in [5, 5.41) is 0. The SMILES string of the molecule is CCC(C)CCC(C)CC(C)(C)CC(CC)CC1CC1CC. The molecule has 1 rings (SSSR count). The Morgan fingerprint density at radius 2 is 1.50 bits per heavy atom. The molecule has 0 radical (unpaired) electrons. The molecule has 0 spiro atoms. The van der Waals surface area contributed by atoms with Gasteiger partial charge in [-0.25, -0.2) is 0 Å². The lowest BCUT2D eigenvalue weighted by Crippen LogP contribution is -2.20. The third-order valence-corrected chi connectivity index (χ3v) is 6.40. The highest BCUT2D eigenvalue weighted by atomic mass is 14.4. The highest BCUT2D eigenvalue weighted by molar-refractivity contribution is 4.88. The van der Waals surface area contributed by atoms with Gasteiger partial charge < -0.3 is 0 Å². The van der Waals surface area contributed by atoms with Crippen LogP contribution in [-0.2, 0) is 0 Å². The van der Waals surface area contributed by atoms with E-state index >= 15 is 0 Å². The van der Waals surface area contributed by atoms with Gasteiger partial charge in [-0.05, 0) is 60.7 Å². The fourth-order valence-electron chi connectivity index (χ4n) is 4.60. The zero-order valence-corrected chi connectivity index (χ0v) is 16.8. The maximum Gasteiger partial charge on any atom is -0.0349 e. The van der Waals surface area contributed by atoms with Crippen molar-refractivity contribution in [2.75, 3.05) is 0 Å². The van der Waals surface area contributed by atoms with E-state index in [1.54, 1.807) is 0 Å². The third kappa shape index (κ3) is 7.51. The summed E-state index contributed by atoms with van der Waals surface area (Å²) in [6, 6.07) is 0. The average molecular weight is 309 g/mol. The van der Waals surface area contributed by atoms with E-state index in [1.807, 2.05) is 0 Å². The van der Waals surface area contributed by atoms with E-state index in [4.69, 9.17) is 0 Å². The van der Waals surface area contributed by atoms with Crippen LogP contribution >= 0.6 is 0 Å². The summed E-state index contributed by atoms with van der Waals surface area (Å²) >= 11 is 0. The maximum atomic E-state index is 2.53. The molecule has 0 N–H and O–H groups in total. The fourth-order valence-corrected chi connectivity index (χ4v) is 4.60. The van der Waals surface area contributed by atoms with E-state index in [1.165, 1.54) is 57.8 Å². The molecular formula is C22H44. The maximum absolute atomic E-state index is 2.53. The quantitative estimate of drug-likeness (QED) is 0.346. The van der Waals surface area contributed by atoms with Gasteiger partial charge in [-0.3, -0.25) is 0 Å². The minimum absolute atomic E-state index is 0.534. The fraction of sp³-hybridized carbons (Fsp3) is 1.00.